The molecule has 22 heavy (non-hydrogen) atoms. The van der Waals surface area contributed by atoms with Crippen LogP contribution in [0.5, 0.6) is 5.75 Å². The molecule has 0 aliphatic carbocycles. The van der Waals surface area contributed by atoms with E-state index in [1.54, 1.807) is 28.9 Å². The molecular weight excluding hydrogens is 278 g/mol. The molecule has 0 saturated carbocycles. The molecule has 1 aromatic heterocycles. The normalized spacial score (nSPS) is 11.5. The Morgan fingerprint density at radius 3 is 2.86 bits per heavy atom. The second kappa shape index (κ2) is 6.81. The van der Waals surface area contributed by atoms with E-state index in [2.05, 4.69) is 16.3 Å². The molecule has 0 aliphatic heterocycles. The number of carbonyl (C=O) groups is 1. The Kier molecular flexibility index (Phi) is 4.84. The van der Waals surface area contributed by atoms with Gasteiger partial charge in [0, 0.05) is 17.4 Å². The predicted octanol–water partition coefficient (Wildman–Crippen LogP) is 2.71. The lowest BCUT2D eigenvalue weighted by atomic mass is 10.2. The number of ether oxygens (including phenoxy) is 1. The number of hydrogen-bond donors (Lipinski definition) is 1. The molecule has 1 unspecified atom stereocenters. The third-order valence-electron chi connectivity index (χ3n) is 3.21. The van der Waals surface area contributed by atoms with Gasteiger partial charge in [-0.15, -0.1) is 6.42 Å². The molecule has 5 nitrogen and oxygen atoms in total. The molecule has 0 saturated heterocycles. The first-order valence-electron chi connectivity index (χ1n) is 7.01. The maximum Gasteiger partial charge on any atom is 0.248 e. The van der Waals surface area contributed by atoms with E-state index < -0.39 is 6.04 Å². The van der Waals surface area contributed by atoms with Crippen LogP contribution in [-0.4, -0.2) is 22.3 Å². The van der Waals surface area contributed by atoms with Crippen molar-refractivity contribution >= 4 is 11.6 Å². The van der Waals surface area contributed by atoms with Crippen molar-refractivity contribution in [1.82, 2.24) is 9.78 Å². The Bertz CT molecular complexity index is 713. The molecule has 1 amide bonds. The average Bonchev–Trinajstić information content (AvgIpc) is 2.83. The van der Waals surface area contributed by atoms with Gasteiger partial charge in [-0.05, 0) is 39.0 Å². The summed E-state index contributed by atoms with van der Waals surface area (Å²) in [6, 6.07) is 8.67. The highest BCUT2D eigenvalue weighted by molar-refractivity contribution is 5.93. The number of aromatic nitrogens is 2. The minimum atomic E-state index is -0.399. The van der Waals surface area contributed by atoms with Crippen LogP contribution in [0.3, 0.4) is 0 Å². The van der Waals surface area contributed by atoms with Crippen LogP contribution in [0.2, 0.25) is 0 Å². The number of rotatable bonds is 5. The summed E-state index contributed by atoms with van der Waals surface area (Å²) in [6.45, 7) is 5.84. The fourth-order valence-corrected chi connectivity index (χ4v) is 2.18. The highest BCUT2D eigenvalue weighted by atomic mass is 16.5. The summed E-state index contributed by atoms with van der Waals surface area (Å²) in [5, 5.41) is 7.20. The van der Waals surface area contributed by atoms with Gasteiger partial charge in [-0.2, -0.15) is 5.10 Å². The Morgan fingerprint density at radius 1 is 1.45 bits per heavy atom. The van der Waals surface area contributed by atoms with Crippen molar-refractivity contribution in [1.29, 1.82) is 0 Å². The molecule has 1 heterocycles. The molecule has 114 valence electrons. The Balaban J connectivity index is 2.08. The molecule has 5 heteroatoms. The van der Waals surface area contributed by atoms with Gasteiger partial charge in [-0.3, -0.25) is 9.48 Å². The minimum Gasteiger partial charge on any atom is -0.481 e. The van der Waals surface area contributed by atoms with Crippen LogP contribution in [0.25, 0.3) is 0 Å². The summed E-state index contributed by atoms with van der Waals surface area (Å²) >= 11 is 0. The van der Waals surface area contributed by atoms with Crippen molar-refractivity contribution in [3.05, 3.63) is 41.7 Å². The quantitative estimate of drug-likeness (QED) is 0.863. The van der Waals surface area contributed by atoms with Gasteiger partial charge in [-0.25, -0.2) is 0 Å². The maximum absolute atomic E-state index is 12.4. The zero-order chi connectivity index (χ0) is 16.1. The fraction of sp³-hybridized carbons (Fsp3) is 0.294. The predicted molar refractivity (Wildman–Crippen MR) is 85.8 cm³/mol. The molecule has 0 fully saturated rings. The van der Waals surface area contributed by atoms with Gasteiger partial charge in [0.05, 0.1) is 5.69 Å². The van der Waals surface area contributed by atoms with Crippen LogP contribution < -0.4 is 10.1 Å². The lowest BCUT2D eigenvalue weighted by Crippen LogP contribution is -2.25. The standard InChI is InChI=1S/C17H19N3O2/c1-5-9-22-16-8-6-7-15(11-16)18-17(21)14(4)20-13(3)10-12(2)19-20/h1,6-8,10-11,14H,9H2,2-4H3,(H,18,21). The van der Waals surface area contributed by atoms with E-state index in [0.29, 0.717) is 11.4 Å². The molecule has 0 spiro atoms. The molecule has 0 aliphatic rings. The van der Waals surface area contributed by atoms with Crippen LogP contribution >= 0.6 is 0 Å². The van der Waals surface area contributed by atoms with Gasteiger partial charge in [-0.1, -0.05) is 12.0 Å². The Morgan fingerprint density at radius 2 is 2.23 bits per heavy atom. The minimum absolute atomic E-state index is 0.139. The molecule has 1 N–H and O–H groups in total. The van der Waals surface area contributed by atoms with E-state index in [4.69, 9.17) is 11.2 Å². The molecule has 2 aromatic rings. The highest BCUT2D eigenvalue weighted by Gasteiger charge is 2.18. The summed E-state index contributed by atoms with van der Waals surface area (Å²) in [4.78, 5) is 12.4. The summed E-state index contributed by atoms with van der Waals surface area (Å²) < 4.78 is 7.05. The monoisotopic (exact) mass is 297 g/mol. The van der Waals surface area contributed by atoms with Crippen LogP contribution in [0.15, 0.2) is 30.3 Å². The number of amides is 1. The van der Waals surface area contributed by atoms with Crippen molar-refractivity contribution in [2.24, 2.45) is 0 Å². The van der Waals surface area contributed by atoms with Crippen molar-refractivity contribution in [3.8, 4) is 18.1 Å². The lowest BCUT2D eigenvalue weighted by Gasteiger charge is -2.15. The summed E-state index contributed by atoms with van der Waals surface area (Å²) in [6.07, 6.45) is 5.16. The number of nitrogens with zero attached hydrogens (tertiary/aromatic N) is 2. The van der Waals surface area contributed by atoms with E-state index in [-0.39, 0.29) is 12.5 Å². The summed E-state index contributed by atoms with van der Waals surface area (Å²) in [5.41, 5.74) is 2.50. The SMILES string of the molecule is C#CCOc1cccc(NC(=O)C(C)n2nc(C)cc2C)c1. The van der Waals surface area contributed by atoms with Crippen LogP contribution in [0.4, 0.5) is 5.69 Å². The topological polar surface area (TPSA) is 56.1 Å². The van der Waals surface area contributed by atoms with E-state index in [1.807, 2.05) is 26.8 Å². The summed E-state index contributed by atoms with van der Waals surface area (Å²) in [7, 11) is 0. The Hall–Kier alpha value is -2.74. The van der Waals surface area contributed by atoms with Gasteiger partial charge in [0.25, 0.3) is 0 Å². The number of hydrogen-bond acceptors (Lipinski definition) is 3. The number of carbonyl (C=O) groups excluding carboxylic acids is 1. The largest absolute Gasteiger partial charge is 0.481 e. The van der Waals surface area contributed by atoms with Crippen molar-refractivity contribution in [2.75, 3.05) is 11.9 Å². The summed E-state index contributed by atoms with van der Waals surface area (Å²) in [5.74, 6) is 2.88. The third-order valence-corrected chi connectivity index (χ3v) is 3.21. The van der Waals surface area contributed by atoms with Crippen molar-refractivity contribution in [2.45, 2.75) is 26.8 Å². The molecule has 2 rings (SSSR count). The third kappa shape index (κ3) is 3.67. The first-order valence-corrected chi connectivity index (χ1v) is 7.01. The number of nitrogens with one attached hydrogen (secondary N) is 1. The highest BCUT2D eigenvalue weighted by Crippen LogP contribution is 2.19. The lowest BCUT2D eigenvalue weighted by molar-refractivity contribution is -0.119. The number of terminal acetylenes is 1. The van der Waals surface area contributed by atoms with Crippen molar-refractivity contribution < 1.29 is 9.53 Å². The van der Waals surface area contributed by atoms with Gasteiger partial charge in [0.2, 0.25) is 5.91 Å². The van der Waals surface area contributed by atoms with Crippen LogP contribution in [0, 0.1) is 26.2 Å². The van der Waals surface area contributed by atoms with E-state index in [0.717, 1.165) is 11.4 Å². The first kappa shape index (κ1) is 15.6. The van der Waals surface area contributed by atoms with Gasteiger partial charge >= 0.3 is 0 Å². The molecule has 1 atom stereocenters. The average molecular weight is 297 g/mol. The number of anilines is 1. The zero-order valence-electron chi connectivity index (χ0n) is 13.0. The molecule has 0 bridgehead atoms. The van der Waals surface area contributed by atoms with Gasteiger partial charge < -0.3 is 10.1 Å². The molecule has 1 aromatic carbocycles. The molecular formula is C17H19N3O2. The second-order valence-electron chi connectivity index (χ2n) is 5.06. The number of aryl methyl sites for hydroxylation is 2. The van der Waals surface area contributed by atoms with Crippen LogP contribution in [0.1, 0.15) is 24.4 Å². The Labute approximate surface area is 130 Å². The first-order chi connectivity index (χ1) is 10.5. The zero-order valence-corrected chi connectivity index (χ0v) is 13.0. The van der Waals surface area contributed by atoms with Gasteiger partial charge in [0.15, 0.2) is 0 Å². The smallest absolute Gasteiger partial charge is 0.248 e. The second-order valence-corrected chi connectivity index (χ2v) is 5.06. The van der Waals surface area contributed by atoms with Crippen molar-refractivity contribution in [3.63, 3.8) is 0 Å². The van der Waals surface area contributed by atoms with Crippen LogP contribution in [-0.2, 0) is 4.79 Å². The van der Waals surface area contributed by atoms with Gasteiger partial charge in [0.1, 0.15) is 18.4 Å². The van der Waals surface area contributed by atoms with E-state index in [9.17, 15) is 4.79 Å². The molecule has 0 radical (unpaired) electrons. The number of benzene rings is 1. The van der Waals surface area contributed by atoms with E-state index >= 15 is 0 Å². The maximum atomic E-state index is 12.4. The van der Waals surface area contributed by atoms with E-state index in [1.165, 1.54) is 0 Å². The fourth-order valence-electron chi connectivity index (χ4n) is 2.18.